The van der Waals surface area contributed by atoms with E-state index in [1.54, 1.807) is 39.0 Å². The van der Waals surface area contributed by atoms with Crippen LogP contribution in [0.1, 0.15) is 61.3 Å². The summed E-state index contributed by atoms with van der Waals surface area (Å²) in [6.45, 7) is 17.8. The van der Waals surface area contributed by atoms with Gasteiger partial charge in [0.25, 0.3) is 5.91 Å². The van der Waals surface area contributed by atoms with Gasteiger partial charge in [-0.2, -0.15) is 0 Å². The van der Waals surface area contributed by atoms with Crippen LogP contribution >= 0.6 is 0 Å². The van der Waals surface area contributed by atoms with Gasteiger partial charge in [0.05, 0.1) is 24.4 Å². The van der Waals surface area contributed by atoms with Gasteiger partial charge in [-0.3, -0.25) is 9.59 Å². The average molecular weight is 520 g/mol. The maximum atomic E-state index is 12.8. The van der Waals surface area contributed by atoms with E-state index in [-0.39, 0.29) is 23.4 Å². The fourth-order valence-electron chi connectivity index (χ4n) is 2.70. The van der Waals surface area contributed by atoms with Gasteiger partial charge in [0, 0.05) is 0 Å². The number of hydrogen-bond acceptors (Lipinski definition) is 6. The highest BCUT2D eigenvalue weighted by atomic mass is 28.4. The minimum atomic E-state index is -1.97. The van der Waals surface area contributed by atoms with E-state index >= 15 is 0 Å². The van der Waals surface area contributed by atoms with Crippen LogP contribution < -0.4 is 5.73 Å². The Balaban J connectivity index is 5.07. The topological polar surface area (TPSA) is 105 Å². The van der Waals surface area contributed by atoms with Crippen LogP contribution in [-0.2, 0) is 28.3 Å². The number of nitrogens with two attached hydrogens (primary N) is 1. The van der Waals surface area contributed by atoms with Gasteiger partial charge in [-0.1, -0.05) is 50.6 Å². The lowest BCUT2D eigenvalue weighted by Gasteiger charge is -2.36. The summed E-state index contributed by atoms with van der Waals surface area (Å²) < 4.78 is 16.4. The number of methoxy groups -OCH3 is 1. The van der Waals surface area contributed by atoms with Crippen molar-refractivity contribution in [2.45, 2.75) is 85.5 Å². The zero-order valence-electron chi connectivity index (χ0n) is 23.7. The van der Waals surface area contributed by atoms with E-state index in [1.807, 2.05) is 19.1 Å². The number of carbonyl (C=O) groups excluding carboxylic acids is 3. The number of Topliss-reactive ketones (excluding diaryl/α,β-unsaturated/α-hetero) is 1. The molecule has 2 N–H and O–H groups in total. The van der Waals surface area contributed by atoms with E-state index in [0.29, 0.717) is 24.0 Å². The lowest BCUT2D eigenvalue weighted by molar-refractivity contribution is -0.135. The summed E-state index contributed by atoms with van der Waals surface area (Å²) in [5.41, 5.74) is 7.20. The molecular formula is C28H45NO6Si. The molecule has 36 heavy (non-hydrogen) atoms. The lowest BCUT2D eigenvalue weighted by Crippen LogP contribution is -2.41. The molecule has 0 saturated carbocycles. The summed E-state index contributed by atoms with van der Waals surface area (Å²) in [7, 11) is -0.620. The Morgan fingerprint density at radius 1 is 1.08 bits per heavy atom. The first-order valence-electron chi connectivity index (χ1n) is 12.2. The van der Waals surface area contributed by atoms with Crippen molar-refractivity contribution >= 4 is 26.0 Å². The van der Waals surface area contributed by atoms with Crippen LogP contribution in [0.3, 0.4) is 0 Å². The summed E-state index contributed by atoms with van der Waals surface area (Å²) in [6.07, 6.45) is 11.3. The van der Waals surface area contributed by atoms with Gasteiger partial charge in [-0.15, -0.1) is 0 Å². The molecule has 0 aromatic heterocycles. The standard InChI is InChI=1S/C28H45NO6Si/c1-11-23(27(32)33-8)17-20(2)15-13-12-14-16-21(3)25(30)24(26(29)31)18-22(4)34-19-35-36(9,10)28(5,6)7/h11,13,15-18,22H,12,14,19H2,1-10H3,(H2,29,31)/b15-13+,20-17+,21-16+,23-11+,24-18-/t22-/m1/s1. The molecule has 1 atom stereocenters. The number of rotatable bonds is 14. The minimum Gasteiger partial charge on any atom is -0.465 e. The van der Waals surface area contributed by atoms with Crippen molar-refractivity contribution in [2.24, 2.45) is 5.73 Å². The monoisotopic (exact) mass is 519 g/mol. The highest BCUT2D eigenvalue weighted by Gasteiger charge is 2.37. The number of allylic oxidation sites excluding steroid dienone is 6. The van der Waals surface area contributed by atoms with E-state index < -0.39 is 26.1 Å². The third-order valence-electron chi connectivity index (χ3n) is 6.11. The Labute approximate surface area is 218 Å². The molecule has 0 aliphatic rings. The highest BCUT2D eigenvalue weighted by molar-refractivity contribution is 6.74. The first-order chi connectivity index (χ1) is 16.6. The second-order valence-corrected chi connectivity index (χ2v) is 15.0. The average Bonchev–Trinajstić information content (AvgIpc) is 2.78. The molecule has 0 bridgehead atoms. The number of hydrogen-bond donors (Lipinski definition) is 1. The zero-order valence-corrected chi connectivity index (χ0v) is 24.7. The van der Waals surface area contributed by atoms with Crippen molar-refractivity contribution < 1.29 is 28.3 Å². The van der Waals surface area contributed by atoms with Crippen molar-refractivity contribution in [3.8, 4) is 0 Å². The van der Waals surface area contributed by atoms with Crippen LogP contribution in [0.25, 0.3) is 0 Å². The Hall–Kier alpha value is -2.55. The molecule has 7 nitrogen and oxygen atoms in total. The quantitative estimate of drug-likeness (QED) is 0.0461. The fraction of sp³-hybridized carbons (Fsp3) is 0.536. The summed E-state index contributed by atoms with van der Waals surface area (Å²) in [5.74, 6) is -1.60. The van der Waals surface area contributed by atoms with Gasteiger partial charge in [0.2, 0.25) is 0 Å². The number of unbranched alkanes of at least 4 members (excludes halogenated alkanes) is 1. The van der Waals surface area contributed by atoms with Gasteiger partial charge in [-0.25, -0.2) is 4.79 Å². The molecule has 202 valence electrons. The Kier molecular flexibility index (Phi) is 14.4. The molecule has 0 radical (unpaired) electrons. The van der Waals surface area contributed by atoms with Gasteiger partial charge in [-0.05, 0) is 76.4 Å². The van der Waals surface area contributed by atoms with Crippen LogP contribution in [0.15, 0.2) is 58.7 Å². The highest BCUT2D eigenvalue weighted by Crippen LogP contribution is 2.36. The molecule has 0 unspecified atom stereocenters. The number of primary amides is 1. The molecule has 0 fully saturated rings. The van der Waals surface area contributed by atoms with E-state index in [2.05, 4.69) is 33.9 Å². The first-order valence-corrected chi connectivity index (χ1v) is 15.1. The predicted octanol–water partition coefficient (Wildman–Crippen LogP) is 5.70. The van der Waals surface area contributed by atoms with Crippen LogP contribution in [0.5, 0.6) is 0 Å². The molecule has 0 aliphatic heterocycles. The Bertz CT molecular complexity index is 932. The summed E-state index contributed by atoms with van der Waals surface area (Å²) in [4.78, 5) is 36.4. The van der Waals surface area contributed by atoms with E-state index in [1.165, 1.54) is 13.2 Å². The maximum absolute atomic E-state index is 12.8. The van der Waals surface area contributed by atoms with Crippen LogP contribution in [-0.4, -0.2) is 46.0 Å². The molecule has 0 aliphatic carbocycles. The Morgan fingerprint density at radius 3 is 2.19 bits per heavy atom. The van der Waals surface area contributed by atoms with Gasteiger partial charge >= 0.3 is 5.97 Å². The minimum absolute atomic E-state index is 0.0500. The van der Waals surface area contributed by atoms with Crippen LogP contribution in [0.2, 0.25) is 18.1 Å². The SMILES string of the molecule is C\C=C(/C=C(C)/C=C/CC/C=C(\C)C(=O)/C(=C/[C@@H](C)OCO[Si](C)(C)C(C)(C)C)C(N)=O)C(=O)OC. The molecule has 0 aromatic carbocycles. The summed E-state index contributed by atoms with van der Waals surface area (Å²) in [6, 6.07) is 0. The summed E-state index contributed by atoms with van der Waals surface area (Å²) in [5, 5.41) is 0.0500. The molecule has 0 heterocycles. The second kappa shape index (κ2) is 15.5. The van der Waals surface area contributed by atoms with Crippen molar-refractivity contribution in [1.82, 2.24) is 0 Å². The third kappa shape index (κ3) is 11.9. The molecule has 0 aromatic rings. The zero-order chi connectivity index (χ0) is 28.1. The number of ketones is 1. The summed E-state index contributed by atoms with van der Waals surface area (Å²) >= 11 is 0. The van der Waals surface area contributed by atoms with E-state index in [4.69, 9.17) is 19.6 Å². The molecule has 0 saturated heterocycles. The smallest absolute Gasteiger partial charge is 0.337 e. The van der Waals surface area contributed by atoms with Crippen molar-refractivity contribution in [2.75, 3.05) is 13.9 Å². The first kappa shape index (κ1) is 33.4. The largest absolute Gasteiger partial charge is 0.465 e. The van der Waals surface area contributed by atoms with Crippen molar-refractivity contribution in [3.63, 3.8) is 0 Å². The van der Waals surface area contributed by atoms with Crippen LogP contribution in [0, 0.1) is 0 Å². The van der Waals surface area contributed by atoms with Crippen LogP contribution in [0.4, 0.5) is 0 Å². The van der Waals surface area contributed by atoms with Crippen molar-refractivity contribution in [1.29, 1.82) is 0 Å². The number of carbonyl (C=O) groups is 3. The molecule has 0 rings (SSSR count). The van der Waals surface area contributed by atoms with Gasteiger partial charge < -0.3 is 19.6 Å². The fourth-order valence-corrected chi connectivity index (χ4v) is 3.50. The maximum Gasteiger partial charge on any atom is 0.337 e. The third-order valence-corrected chi connectivity index (χ3v) is 10.6. The number of esters is 1. The van der Waals surface area contributed by atoms with Gasteiger partial charge in [0.15, 0.2) is 14.1 Å². The van der Waals surface area contributed by atoms with Crippen molar-refractivity contribution in [3.05, 3.63) is 58.7 Å². The molecular weight excluding hydrogens is 474 g/mol. The molecule has 0 spiro atoms. The predicted molar refractivity (Wildman–Crippen MR) is 148 cm³/mol. The number of amides is 1. The number of ether oxygens (including phenoxy) is 2. The Morgan fingerprint density at radius 2 is 1.69 bits per heavy atom. The molecule has 8 heteroatoms. The molecule has 1 amide bonds. The second-order valence-electron chi connectivity index (χ2n) is 10.2. The lowest BCUT2D eigenvalue weighted by atomic mass is 10.0. The van der Waals surface area contributed by atoms with E-state index in [0.717, 1.165) is 5.57 Å². The van der Waals surface area contributed by atoms with Gasteiger partial charge in [0.1, 0.15) is 6.79 Å². The van der Waals surface area contributed by atoms with E-state index in [9.17, 15) is 14.4 Å². The normalized spacial score (nSPS) is 15.3.